The Morgan fingerprint density at radius 3 is 2.64 bits per heavy atom. The highest BCUT2D eigenvalue weighted by atomic mass is 16.3. The first kappa shape index (κ1) is 22.2. The van der Waals surface area contributed by atoms with Gasteiger partial charge in [0.2, 0.25) is 0 Å². The van der Waals surface area contributed by atoms with Crippen LogP contribution in [-0.2, 0) is 6.54 Å². The molecule has 0 aromatic heterocycles. The summed E-state index contributed by atoms with van der Waals surface area (Å²) >= 11 is 0. The van der Waals surface area contributed by atoms with Crippen LogP contribution >= 0.6 is 0 Å². The molecule has 2 rings (SSSR count). The SMILES string of the molecule is CCN(CC)CCN(C)Cc1cc(C)cc(C=NCCC2C=CC=CN2)c1O. The maximum absolute atomic E-state index is 10.7. The van der Waals surface area contributed by atoms with Gasteiger partial charge in [0.05, 0.1) is 0 Å². The van der Waals surface area contributed by atoms with Crippen molar-refractivity contribution < 1.29 is 5.11 Å². The monoisotopic (exact) mass is 384 g/mol. The zero-order valence-corrected chi connectivity index (χ0v) is 17.9. The quantitative estimate of drug-likeness (QED) is 0.575. The molecule has 0 fully saturated rings. The Kier molecular flexibility index (Phi) is 9.24. The van der Waals surface area contributed by atoms with E-state index in [1.807, 2.05) is 24.6 Å². The van der Waals surface area contributed by atoms with Gasteiger partial charge in [-0.05, 0) is 57.4 Å². The number of aromatic hydroxyl groups is 1. The van der Waals surface area contributed by atoms with Crippen LogP contribution in [0.25, 0.3) is 0 Å². The maximum Gasteiger partial charge on any atom is 0.128 e. The molecule has 1 aliphatic heterocycles. The van der Waals surface area contributed by atoms with Crippen LogP contribution in [0, 0.1) is 6.92 Å². The number of benzene rings is 1. The molecule has 0 saturated carbocycles. The van der Waals surface area contributed by atoms with E-state index in [1.165, 1.54) is 0 Å². The number of allylic oxidation sites excluding steroid dienone is 2. The molecule has 1 unspecified atom stereocenters. The summed E-state index contributed by atoms with van der Waals surface area (Å²) < 4.78 is 0. The standard InChI is InChI=1S/C23H36N4O/c1-5-27(6-2)14-13-26(4)18-21-16-19(3)15-20(23(21)28)17-24-12-10-22-9-7-8-11-25-22/h7-9,11,15-17,22,25,28H,5-6,10,12-14,18H2,1-4H3. The third kappa shape index (κ3) is 7.13. The van der Waals surface area contributed by atoms with Crippen LogP contribution < -0.4 is 5.32 Å². The Morgan fingerprint density at radius 2 is 1.96 bits per heavy atom. The van der Waals surface area contributed by atoms with E-state index < -0.39 is 0 Å². The number of aliphatic imine (C=N–C) groups is 1. The number of phenols is 1. The van der Waals surface area contributed by atoms with Crippen LogP contribution in [-0.4, -0.2) is 66.9 Å². The second-order valence-corrected chi connectivity index (χ2v) is 7.47. The molecule has 0 saturated heterocycles. The van der Waals surface area contributed by atoms with Gasteiger partial charge in [0.25, 0.3) is 0 Å². The van der Waals surface area contributed by atoms with Crippen molar-refractivity contribution in [2.75, 3.05) is 39.8 Å². The number of nitrogens with one attached hydrogen (secondary N) is 1. The Bertz CT molecular complexity index is 692. The number of likely N-dealkylation sites (N-methyl/N-ethyl adjacent to an activating group) is 2. The minimum absolute atomic E-state index is 0.336. The summed E-state index contributed by atoms with van der Waals surface area (Å²) in [5, 5.41) is 14.0. The molecular weight excluding hydrogens is 348 g/mol. The molecule has 1 aromatic rings. The van der Waals surface area contributed by atoms with Gasteiger partial charge in [0.1, 0.15) is 5.75 Å². The lowest BCUT2D eigenvalue weighted by Gasteiger charge is -2.23. The van der Waals surface area contributed by atoms with Crippen molar-refractivity contribution in [3.63, 3.8) is 0 Å². The summed E-state index contributed by atoms with van der Waals surface area (Å²) in [4.78, 5) is 9.22. The maximum atomic E-state index is 10.7. The van der Waals surface area contributed by atoms with E-state index in [4.69, 9.17) is 0 Å². The van der Waals surface area contributed by atoms with Crippen molar-refractivity contribution in [2.45, 2.75) is 39.8 Å². The Morgan fingerprint density at radius 1 is 1.18 bits per heavy atom. The normalized spacial score (nSPS) is 16.4. The van der Waals surface area contributed by atoms with Gasteiger partial charge < -0.3 is 20.2 Å². The van der Waals surface area contributed by atoms with E-state index in [0.717, 1.165) is 62.4 Å². The van der Waals surface area contributed by atoms with Crippen molar-refractivity contribution in [3.8, 4) is 5.75 Å². The van der Waals surface area contributed by atoms with E-state index in [2.05, 4.69) is 66.1 Å². The van der Waals surface area contributed by atoms with Crippen LogP contribution in [0.5, 0.6) is 5.75 Å². The van der Waals surface area contributed by atoms with E-state index in [0.29, 0.717) is 11.8 Å². The van der Waals surface area contributed by atoms with Crippen LogP contribution in [0.1, 0.15) is 37.0 Å². The summed E-state index contributed by atoms with van der Waals surface area (Å²) in [5.41, 5.74) is 2.91. The first-order valence-electron chi connectivity index (χ1n) is 10.4. The number of aryl methyl sites for hydroxylation is 1. The zero-order chi connectivity index (χ0) is 20.4. The molecule has 0 radical (unpaired) electrons. The van der Waals surface area contributed by atoms with E-state index in [9.17, 15) is 5.11 Å². The molecule has 1 heterocycles. The van der Waals surface area contributed by atoms with Crippen LogP contribution in [0.2, 0.25) is 0 Å². The predicted molar refractivity (Wildman–Crippen MR) is 119 cm³/mol. The van der Waals surface area contributed by atoms with E-state index >= 15 is 0 Å². The van der Waals surface area contributed by atoms with Crippen molar-refractivity contribution >= 4 is 6.21 Å². The van der Waals surface area contributed by atoms with Gasteiger partial charge in [-0.15, -0.1) is 0 Å². The second kappa shape index (κ2) is 11.7. The lowest BCUT2D eigenvalue weighted by molar-refractivity contribution is 0.235. The molecule has 1 aromatic carbocycles. The third-order valence-corrected chi connectivity index (χ3v) is 5.16. The van der Waals surface area contributed by atoms with Gasteiger partial charge >= 0.3 is 0 Å². The summed E-state index contributed by atoms with van der Waals surface area (Å²) in [5.74, 6) is 0.350. The second-order valence-electron chi connectivity index (χ2n) is 7.47. The Labute approximate surface area is 170 Å². The Hall–Kier alpha value is -2.11. The predicted octanol–water partition coefficient (Wildman–Crippen LogP) is 3.32. The molecule has 0 aliphatic carbocycles. The lowest BCUT2D eigenvalue weighted by atomic mass is 10.0. The smallest absolute Gasteiger partial charge is 0.128 e. The highest BCUT2D eigenvalue weighted by Crippen LogP contribution is 2.24. The topological polar surface area (TPSA) is 51.1 Å². The van der Waals surface area contributed by atoms with Crippen molar-refractivity contribution in [2.24, 2.45) is 4.99 Å². The zero-order valence-electron chi connectivity index (χ0n) is 17.9. The first-order chi connectivity index (χ1) is 13.5. The van der Waals surface area contributed by atoms with E-state index in [-0.39, 0.29) is 0 Å². The highest BCUT2D eigenvalue weighted by molar-refractivity contribution is 5.84. The highest BCUT2D eigenvalue weighted by Gasteiger charge is 2.11. The van der Waals surface area contributed by atoms with Crippen molar-refractivity contribution in [3.05, 3.63) is 53.3 Å². The number of phenolic OH excluding ortho intramolecular Hbond substituents is 1. The van der Waals surface area contributed by atoms with Crippen molar-refractivity contribution in [1.29, 1.82) is 0 Å². The van der Waals surface area contributed by atoms with E-state index in [1.54, 1.807) is 0 Å². The largest absolute Gasteiger partial charge is 0.507 e. The molecular formula is C23H36N4O. The van der Waals surface area contributed by atoms with Gasteiger partial charge in [0.15, 0.2) is 0 Å². The number of dihydropyridines is 1. The molecule has 2 N–H and O–H groups in total. The fourth-order valence-electron chi connectivity index (χ4n) is 3.37. The average molecular weight is 385 g/mol. The molecule has 28 heavy (non-hydrogen) atoms. The molecule has 0 bridgehead atoms. The Balaban J connectivity index is 1.93. The number of nitrogens with zero attached hydrogens (tertiary/aromatic N) is 3. The van der Waals surface area contributed by atoms with Gasteiger partial charge in [0, 0.05) is 49.6 Å². The minimum Gasteiger partial charge on any atom is -0.507 e. The van der Waals surface area contributed by atoms with Gasteiger partial charge in [-0.25, -0.2) is 0 Å². The molecule has 0 amide bonds. The van der Waals surface area contributed by atoms with Gasteiger partial charge in [-0.3, -0.25) is 4.99 Å². The van der Waals surface area contributed by atoms with Gasteiger partial charge in [-0.1, -0.05) is 32.1 Å². The molecule has 5 nitrogen and oxygen atoms in total. The summed E-state index contributed by atoms with van der Waals surface area (Å²) in [6.45, 7) is 12.1. The van der Waals surface area contributed by atoms with Crippen molar-refractivity contribution in [1.82, 2.24) is 15.1 Å². The summed E-state index contributed by atoms with van der Waals surface area (Å²) in [7, 11) is 2.11. The molecule has 0 spiro atoms. The lowest BCUT2D eigenvalue weighted by Crippen LogP contribution is -2.32. The van der Waals surface area contributed by atoms with Gasteiger partial charge in [-0.2, -0.15) is 0 Å². The van der Waals surface area contributed by atoms with Crippen LogP contribution in [0.4, 0.5) is 0 Å². The fraction of sp³-hybridized carbons (Fsp3) is 0.522. The third-order valence-electron chi connectivity index (χ3n) is 5.16. The molecule has 5 heteroatoms. The average Bonchev–Trinajstić information content (AvgIpc) is 2.70. The summed E-state index contributed by atoms with van der Waals surface area (Å²) in [6.07, 6.45) is 10.9. The number of hydrogen-bond acceptors (Lipinski definition) is 5. The number of rotatable bonds is 11. The summed E-state index contributed by atoms with van der Waals surface area (Å²) in [6, 6.07) is 4.41. The van der Waals surface area contributed by atoms with Crippen LogP contribution in [0.15, 0.2) is 41.6 Å². The van der Waals surface area contributed by atoms with Crippen LogP contribution in [0.3, 0.4) is 0 Å². The number of hydrogen-bond donors (Lipinski definition) is 2. The first-order valence-corrected chi connectivity index (χ1v) is 10.4. The molecule has 1 atom stereocenters. The molecule has 154 valence electrons. The molecule has 1 aliphatic rings. The fourth-order valence-corrected chi connectivity index (χ4v) is 3.37. The minimum atomic E-state index is 0.336.